The summed E-state index contributed by atoms with van der Waals surface area (Å²) >= 11 is 0. The maximum absolute atomic E-state index is 12.5. The summed E-state index contributed by atoms with van der Waals surface area (Å²) in [7, 11) is 0. The second-order valence-corrected chi connectivity index (χ2v) is 20.4. The van der Waals surface area contributed by atoms with Gasteiger partial charge in [-0.1, -0.05) is 300 Å². The lowest BCUT2D eigenvalue weighted by molar-refractivity contribution is -0.123. The number of rotatable bonds is 55. The van der Waals surface area contributed by atoms with Gasteiger partial charge in [0.1, 0.15) is 0 Å². The molecule has 0 rings (SSSR count). The van der Waals surface area contributed by atoms with Crippen LogP contribution in [0, 0.1) is 0 Å². The molecule has 0 aromatic carbocycles. The van der Waals surface area contributed by atoms with Crippen molar-refractivity contribution in [1.29, 1.82) is 0 Å². The van der Waals surface area contributed by atoms with Gasteiger partial charge in [-0.15, -0.1) is 0 Å². The van der Waals surface area contributed by atoms with Gasteiger partial charge in [-0.05, 0) is 64.2 Å². The van der Waals surface area contributed by atoms with Crippen molar-refractivity contribution in [2.45, 2.75) is 334 Å². The summed E-state index contributed by atoms with van der Waals surface area (Å²) in [5.74, 6) is -0.0685. The fraction of sp³-hybridized carbons (Fsp3) is 0.855. The monoisotopic (exact) mass is 924 g/mol. The quantitative estimate of drug-likeness (QED) is 0.0420. The van der Waals surface area contributed by atoms with Gasteiger partial charge in [-0.2, -0.15) is 0 Å². The summed E-state index contributed by atoms with van der Waals surface area (Å²) in [6, 6.07) is -0.639. The van der Waals surface area contributed by atoms with Crippen molar-refractivity contribution in [2.75, 3.05) is 6.61 Å². The van der Waals surface area contributed by atoms with Crippen LogP contribution >= 0.6 is 0 Å². The predicted octanol–water partition coefficient (Wildman–Crippen LogP) is 19.8. The Bertz CT molecular complexity index is 1050. The van der Waals surface area contributed by atoms with E-state index < -0.39 is 12.1 Å². The van der Waals surface area contributed by atoms with Crippen LogP contribution in [-0.2, 0) is 4.79 Å². The van der Waals surface area contributed by atoms with Crippen molar-refractivity contribution in [3.05, 3.63) is 48.6 Å². The minimum atomic E-state index is -0.862. The van der Waals surface area contributed by atoms with E-state index in [-0.39, 0.29) is 12.5 Å². The fourth-order valence-electron chi connectivity index (χ4n) is 9.23. The van der Waals surface area contributed by atoms with Gasteiger partial charge in [0, 0.05) is 6.42 Å². The summed E-state index contributed by atoms with van der Waals surface area (Å²) in [6.45, 7) is 4.32. The summed E-state index contributed by atoms with van der Waals surface area (Å²) in [4.78, 5) is 12.5. The van der Waals surface area contributed by atoms with Crippen LogP contribution in [0.3, 0.4) is 0 Å². The van der Waals surface area contributed by atoms with Crippen molar-refractivity contribution in [1.82, 2.24) is 5.32 Å². The Morgan fingerprint density at radius 2 is 0.636 bits per heavy atom. The topological polar surface area (TPSA) is 69.6 Å². The third kappa shape index (κ3) is 53.3. The van der Waals surface area contributed by atoms with Crippen LogP contribution in [0.15, 0.2) is 48.6 Å². The van der Waals surface area contributed by atoms with E-state index in [2.05, 4.69) is 55.6 Å². The molecule has 0 saturated heterocycles. The number of unbranched alkanes of at least 4 members (excludes halogenated alkanes) is 42. The highest BCUT2D eigenvalue weighted by molar-refractivity contribution is 5.76. The number of amides is 1. The maximum Gasteiger partial charge on any atom is 0.220 e. The van der Waals surface area contributed by atoms with Gasteiger partial charge in [-0.25, -0.2) is 0 Å². The number of aliphatic hydroxyl groups excluding tert-OH is 2. The van der Waals surface area contributed by atoms with E-state index >= 15 is 0 Å². The minimum absolute atomic E-state index is 0.0685. The number of carbonyl (C=O) groups excluding carboxylic acids is 1. The van der Waals surface area contributed by atoms with Gasteiger partial charge in [0.25, 0.3) is 0 Å². The molecule has 0 aliphatic heterocycles. The normalized spacial score (nSPS) is 13.1. The summed E-state index contributed by atoms with van der Waals surface area (Å²) in [5, 5.41) is 23.2. The fourth-order valence-corrected chi connectivity index (χ4v) is 9.23. The molecular weight excluding hydrogens is 807 g/mol. The van der Waals surface area contributed by atoms with E-state index in [0.717, 1.165) is 38.5 Å². The van der Waals surface area contributed by atoms with Crippen LogP contribution < -0.4 is 5.32 Å². The van der Waals surface area contributed by atoms with Crippen molar-refractivity contribution in [2.24, 2.45) is 0 Å². The molecule has 0 aliphatic carbocycles. The number of aliphatic hydroxyl groups is 2. The van der Waals surface area contributed by atoms with Crippen LogP contribution in [0.5, 0.6) is 0 Å². The van der Waals surface area contributed by atoms with E-state index in [1.54, 1.807) is 6.08 Å². The standard InChI is InChI=1S/C62H117NO3/c1-3-5-7-9-11-13-15-17-19-21-23-25-26-27-28-29-30-31-32-33-34-35-36-38-40-42-44-46-48-50-52-54-56-58-62(66)63-60(59-64)61(65)57-55-53-51-49-47-45-43-41-39-37-24-22-20-18-16-14-12-10-8-6-4-2/h15,17,21,23,47,49,55,57,60-61,64-65H,3-14,16,18-20,22,24-46,48,50-54,56,58-59H2,1-2H3,(H,63,66)/b17-15-,23-21-,49-47+,57-55+. The number of hydrogen-bond acceptors (Lipinski definition) is 3. The Balaban J connectivity index is 3.47. The summed E-state index contributed by atoms with van der Waals surface area (Å²) < 4.78 is 0. The van der Waals surface area contributed by atoms with Gasteiger partial charge < -0.3 is 15.5 Å². The van der Waals surface area contributed by atoms with Crippen LogP contribution in [0.25, 0.3) is 0 Å². The Kier molecular flexibility index (Phi) is 56.2. The van der Waals surface area contributed by atoms with Gasteiger partial charge in [0.05, 0.1) is 18.8 Å². The zero-order valence-electron chi connectivity index (χ0n) is 44.7. The van der Waals surface area contributed by atoms with E-state index in [4.69, 9.17) is 0 Å². The molecule has 2 unspecified atom stereocenters. The highest BCUT2D eigenvalue weighted by atomic mass is 16.3. The smallest absolute Gasteiger partial charge is 0.220 e. The molecule has 0 radical (unpaired) electrons. The largest absolute Gasteiger partial charge is 0.394 e. The van der Waals surface area contributed by atoms with E-state index in [9.17, 15) is 15.0 Å². The first-order valence-corrected chi connectivity index (χ1v) is 29.9. The van der Waals surface area contributed by atoms with E-state index in [1.807, 2.05) is 6.08 Å². The first kappa shape index (κ1) is 64.3. The predicted molar refractivity (Wildman–Crippen MR) is 295 cm³/mol. The Labute approximate surface area is 414 Å². The van der Waals surface area contributed by atoms with Crippen molar-refractivity contribution in [3.8, 4) is 0 Å². The van der Waals surface area contributed by atoms with Gasteiger partial charge >= 0.3 is 0 Å². The zero-order chi connectivity index (χ0) is 47.7. The van der Waals surface area contributed by atoms with Gasteiger partial charge in [0.2, 0.25) is 5.91 Å². The Morgan fingerprint density at radius 1 is 0.364 bits per heavy atom. The molecule has 0 aliphatic rings. The molecule has 0 aromatic rings. The molecule has 0 spiro atoms. The summed E-state index contributed by atoms with van der Waals surface area (Å²) in [5.41, 5.74) is 0. The van der Waals surface area contributed by atoms with Crippen LogP contribution in [0.1, 0.15) is 322 Å². The van der Waals surface area contributed by atoms with Gasteiger partial charge in [-0.3, -0.25) is 4.79 Å². The molecule has 1 amide bonds. The van der Waals surface area contributed by atoms with Crippen molar-refractivity contribution >= 4 is 5.91 Å². The second kappa shape index (κ2) is 57.7. The third-order valence-electron chi connectivity index (χ3n) is 13.8. The van der Waals surface area contributed by atoms with Crippen molar-refractivity contribution < 1.29 is 15.0 Å². The highest BCUT2D eigenvalue weighted by Gasteiger charge is 2.18. The molecule has 0 fully saturated rings. The molecule has 0 saturated carbocycles. The SMILES string of the molecule is CCCCCCC/C=C\C/C=C\CCCCCCCCCCCCCCCCCCCCCCCC(=O)NC(CO)C(O)/C=C/CC/C=C/CCCCCCCCCCCCCCCCC. The molecule has 4 heteroatoms. The van der Waals surface area contributed by atoms with E-state index in [1.165, 1.54) is 263 Å². The zero-order valence-corrected chi connectivity index (χ0v) is 44.7. The van der Waals surface area contributed by atoms with Crippen LogP contribution in [0.2, 0.25) is 0 Å². The minimum Gasteiger partial charge on any atom is -0.394 e. The number of allylic oxidation sites excluding steroid dienone is 7. The molecule has 4 nitrogen and oxygen atoms in total. The second-order valence-electron chi connectivity index (χ2n) is 20.4. The number of hydrogen-bond donors (Lipinski definition) is 3. The first-order chi connectivity index (χ1) is 32.7. The summed E-state index contributed by atoms with van der Waals surface area (Å²) in [6.07, 6.45) is 80.1. The van der Waals surface area contributed by atoms with Crippen LogP contribution in [-0.4, -0.2) is 34.9 Å². The Hall–Kier alpha value is -1.65. The first-order valence-electron chi connectivity index (χ1n) is 29.9. The molecule has 0 heterocycles. The average Bonchev–Trinajstić information content (AvgIpc) is 3.32. The number of carbonyl (C=O) groups is 1. The van der Waals surface area contributed by atoms with Crippen molar-refractivity contribution in [3.63, 3.8) is 0 Å². The number of nitrogens with one attached hydrogen (secondary N) is 1. The Morgan fingerprint density at radius 3 is 0.970 bits per heavy atom. The van der Waals surface area contributed by atoms with E-state index in [0.29, 0.717) is 6.42 Å². The molecule has 2 atom stereocenters. The van der Waals surface area contributed by atoms with Gasteiger partial charge in [0.15, 0.2) is 0 Å². The lowest BCUT2D eigenvalue weighted by atomic mass is 10.0. The van der Waals surface area contributed by atoms with Crippen LogP contribution in [0.4, 0.5) is 0 Å². The highest BCUT2D eigenvalue weighted by Crippen LogP contribution is 2.17. The molecule has 388 valence electrons. The maximum atomic E-state index is 12.5. The average molecular weight is 925 g/mol. The molecule has 0 bridgehead atoms. The molecule has 0 aromatic heterocycles. The molecular formula is C62H117NO3. The molecule has 3 N–H and O–H groups in total. The third-order valence-corrected chi connectivity index (χ3v) is 13.8. The molecule has 66 heavy (non-hydrogen) atoms. The lowest BCUT2D eigenvalue weighted by Crippen LogP contribution is -2.45. The lowest BCUT2D eigenvalue weighted by Gasteiger charge is -2.19.